The van der Waals surface area contributed by atoms with E-state index in [9.17, 15) is 25.2 Å². The van der Waals surface area contributed by atoms with Gasteiger partial charge in [-0.15, -0.1) is 0 Å². The summed E-state index contributed by atoms with van der Waals surface area (Å²) < 4.78 is 11.6. The third-order valence-electron chi connectivity index (χ3n) is 7.17. The Bertz CT molecular complexity index is 792. The molecule has 1 aliphatic heterocycles. The summed E-state index contributed by atoms with van der Waals surface area (Å²) in [5, 5.41) is 38.6. The lowest BCUT2D eigenvalue weighted by atomic mass is 9.88. The van der Waals surface area contributed by atoms with Crippen LogP contribution in [0.3, 0.4) is 0 Å². The molecule has 1 fully saturated rings. The maximum atomic E-state index is 12.3. The second-order valence-corrected chi connectivity index (χ2v) is 13.7. The molecule has 7 unspecified atom stereocenters. The Balaban J connectivity index is 2.23. The summed E-state index contributed by atoms with van der Waals surface area (Å²) in [7, 11) is -0.752. The van der Waals surface area contributed by atoms with Crippen molar-refractivity contribution in [3.63, 3.8) is 0 Å². The lowest BCUT2D eigenvalue weighted by molar-refractivity contribution is -0.119. The fourth-order valence-electron chi connectivity index (χ4n) is 4.64. The Hall–Kier alpha value is -1.12. The summed E-state index contributed by atoms with van der Waals surface area (Å²) >= 11 is 0. The summed E-state index contributed by atoms with van der Waals surface area (Å²) in [4.78, 5) is 12.3. The zero-order valence-corrected chi connectivity index (χ0v) is 22.2. The van der Waals surface area contributed by atoms with Crippen LogP contribution in [-0.2, 0) is 14.3 Å². The van der Waals surface area contributed by atoms with Crippen LogP contribution >= 0.6 is 7.92 Å². The average molecular weight is 500 g/mol. The molecule has 1 saturated heterocycles. The fraction of sp³-hybridized carbons (Fsp3) is 0.720. The molecular formula is C25H42NO7P. The number of aliphatic hydroxyl groups is 4. The number of amides is 1. The number of primary amides is 1. The predicted molar refractivity (Wildman–Crippen MR) is 133 cm³/mol. The number of carbonyl (C=O) groups excluding carboxylic acids is 1. The van der Waals surface area contributed by atoms with Crippen LogP contribution in [0.5, 0.6) is 0 Å². The van der Waals surface area contributed by atoms with Gasteiger partial charge in [0.05, 0.1) is 18.9 Å². The Morgan fingerprint density at radius 1 is 1.00 bits per heavy atom. The quantitative estimate of drug-likeness (QED) is 0.310. The normalized spacial score (nSPS) is 26.0. The van der Waals surface area contributed by atoms with E-state index in [1.54, 1.807) is 0 Å². The molecule has 6 N–H and O–H groups in total. The molecule has 1 aromatic carbocycles. The van der Waals surface area contributed by atoms with Crippen molar-refractivity contribution >= 4 is 13.8 Å². The van der Waals surface area contributed by atoms with Gasteiger partial charge in [-0.25, -0.2) is 0 Å². The molecule has 1 aliphatic rings. The number of ether oxygens (including phenoxy) is 2. The van der Waals surface area contributed by atoms with Crippen molar-refractivity contribution in [2.24, 2.45) is 11.1 Å². The van der Waals surface area contributed by atoms with Crippen molar-refractivity contribution < 1.29 is 34.7 Å². The molecule has 0 bridgehead atoms. The van der Waals surface area contributed by atoms with Crippen LogP contribution in [0.25, 0.3) is 0 Å². The van der Waals surface area contributed by atoms with Gasteiger partial charge in [-0.1, -0.05) is 73.7 Å². The first-order valence-corrected chi connectivity index (χ1v) is 13.5. The molecule has 9 heteroatoms. The number of nitrogens with two attached hydrogens (primary N) is 1. The summed E-state index contributed by atoms with van der Waals surface area (Å²) in [6, 6.07) is 7.72. The maximum absolute atomic E-state index is 12.3. The minimum Gasteiger partial charge on any atom is -0.394 e. The largest absolute Gasteiger partial charge is 0.394 e. The molecule has 2 rings (SSSR count). The number of rotatable bonds is 10. The fourth-order valence-corrected chi connectivity index (χ4v) is 7.61. The highest BCUT2D eigenvalue weighted by molar-refractivity contribution is 7.60. The van der Waals surface area contributed by atoms with Crippen molar-refractivity contribution in [1.82, 2.24) is 0 Å². The van der Waals surface area contributed by atoms with E-state index in [1.165, 1.54) is 0 Å². The van der Waals surface area contributed by atoms with Crippen LogP contribution in [0.1, 0.15) is 64.9 Å². The van der Waals surface area contributed by atoms with Gasteiger partial charge >= 0.3 is 0 Å². The number of aliphatic hydroxyl groups excluding tert-OH is 4. The van der Waals surface area contributed by atoms with Crippen molar-refractivity contribution in [1.29, 1.82) is 0 Å². The van der Waals surface area contributed by atoms with E-state index < -0.39 is 51.8 Å². The topological polar surface area (TPSA) is 142 Å². The maximum Gasteiger partial charge on any atom is 0.225 e. The molecule has 1 heterocycles. The van der Waals surface area contributed by atoms with Crippen LogP contribution in [0, 0.1) is 5.41 Å². The number of carbonyl (C=O) groups is 1. The zero-order valence-electron chi connectivity index (χ0n) is 21.3. The molecule has 1 aromatic rings. The Morgan fingerprint density at radius 2 is 1.44 bits per heavy atom. The minimum atomic E-state index is -1.25. The van der Waals surface area contributed by atoms with E-state index in [1.807, 2.05) is 24.3 Å². The summed E-state index contributed by atoms with van der Waals surface area (Å²) in [6.45, 7) is 13.7. The molecule has 194 valence electrons. The molecule has 1 amide bonds. The third kappa shape index (κ3) is 6.16. The van der Waals surface area contributed by atoms with Gasteiger partial charge < -0.3 is 35.6 Å². The van der Waals surface area contributed by atoms with Crippen LogP contribution in [0.4, 0.5) is 0 Å². The van der Waals surface area contributed by atoms with Crippen molar-refractivity contribution in [2.75, 3.05) is 19.9 Å². The average Bonchev–Trinajstić information content (AvgIpc) is 3.21. The number of hydrogen-bond donors (Lipinski definition) is 5. The van der Waals surface area contributed by atoms with Crippen LogP contribution in [0.15, 0.2) is 24.3 Å². The van der Waals surface area contributed by atoms with Gasteiger partial charge in [-0.2, -0.15) is 0 Å². The molecule has 0 aromatic heterocycles. The first-order chi connectivity index (χ1) is 15.7. The third-order valence-corrected chi connectivity index (χ3v) is 11.2. The summed E-state index contributed by atoms with van der Waals surface area (Å²) in [5.74, 6) is -0.119. The Kier molecular flexibility index (Phi) is 9.67. The molecule has 0 radical (unpaired) electrons. The summed E-state index contributed by atoms with van der Waals surface area (Å²) in [5.41, 5.74) is 7.16. The van der Waals surface area contributed by atoms with Gasteiger partial charge in [-0.05, 0) is 28.7 Å². The predicted octanol–water partition coefficient (Wildman–Crippen LogP) is 2.07. The summed E-state index contributed by atoms with van der Waals surface area (Å²) in [6.07, 6.45) is -5.29. The van der Waals surface area contributed by atoms with E-state index in [2.05, 4.69) is 48.2 Å². The van der Waals surface area contributed by atoms with Crippen molar-refractivity contribution in [3.8, 4) is 0 Å². The van der Waals surface area contributed by atoms with E-state index in [-0.39, 0.29) is 28.1 Å². The van der Waals surface area contributed by atoms with E-state index in [0.29, 0.717) is 5.56 Å². The van der Waals surface area contributed by atoms with E-state index >= 15 is 0 Å². The van der Waals surface area contributed by atoms with Crippen molar-refractivity contribution in [2.45, 2.75) is 89.0 Å². The first-order valence-electron chi connectivity index (χ1n) is 11.7. The van der Waals surface area contributed by atoms with Gasteiger partial charge in [0.2, 0.25) is 5.91 Å². The molecule has 0 saturated carbocycles. The Morgan fingerprint density at radius 3 is 1.79 bits per heavy atom. The van der Waals surface area contributed by atoms with Gasteiger partial charge in [0.15, 0.2) is 6.29 Å². The SMILES string of the molecule is CC(c1ccc(C2OC(C(O)CO)C(C(O)CO)O2)cc1)C(C)(C)P(C)C(C(N)=O)C(C)(C)C. The van der Waals surface area contributed by atoms with Gasteiger partial charge in [-0.3, -0.25) is 4.79 Å². The highest BCUT2D eigenvalue weighted by atomic mass is 31.1. The second kappa shape index (κ2) is 11.3. The number of hydrogen-bond acceptors (Lipinski definition) is 7. The zero-order chi connectivity index (χ0) is 26.0. The van der Waals surface area contributed by atoms with Crippen LogP contribution in [-0.4, -0.2) is 81.4 Å². The van der Waals surface area contributed by atoms with Gasteiger partial charge in [0.25, 0.3) is 0 Å². The first kappa shape index (κ1) is 29.1. The highest BCUT2D eigenvalue weighted by Gasteiger charge is 2.45. The van der Waals surface area contributed by atoms with Crippen LogP contribution in [0.2, 0.25) is 0 Å². The molecule has 7 atom stereocenters. The van der Waals surface area contributed by atoms with Crippen LogP contribution < -0.4 is 5.73 Å². The van der Waals surface area contributed by atoms with Gasteiger partial charge in [0.1, 0.15) is 24.4 Å². The molecule has 0 spiro atoms. The lowest BCUT2D eigenvalue weighted by Gasteiger charge is -2.45. The van der Waals surface area contributed by atoms with E-state index in [0.717, 1.165) is 5.56 Å². The second-order valence-electron chi connectivity index (χ2n) is 10.9. The van der Waals surface area contributed by atoms with E-state index in [4.69, 9.17) is 15.2 Å². The molecule has 8 nitrogen and oxygen atoms in total. The lowest BCUT2D eigenvalue weighted by Crippen LogP contribution is -2.45. The van der Waals surface area contributed by atoms with Crippen molar-refractivity contribution in [3.05, 3.63) is 35.4 Å². The Labute approximate surface area is 204 Å². The highest BCUT2D eigenvalue weighted by Crippen LogP contribution is 2.60. The molecular weight excluding hydrogens is 457 g/mol. The monoisotopic (exact) mass is 499 g/mol. The molecule has 34 heavy (non-hydrogen) atoms. The number of benzene rings is 1. The molecule has 0 aliphatic carbocycles. The smallest absolute Gasteiger partial charge is 0.225 e. The minimum absolute atomic E-state index is 0.139. The van der Waals surface area contributed by atoms with Gasteiger partial charge in [0, 0.05) is 5.56 Å². The standard InChI is InChI=1S/C25H42NO7P/c1-14(25(5,6)34(7)21(22(26)31)24(2,3)4)15-8-10-16(11-9-15)23-32-19(17(29)12-27)20(33-23)18(30)13-28/h8-11,14,17-21,23,27-30H,12-13H2,1-7H3,(H2,26,31).